The first-order valence-electron chi connectivity index (χ1n) is 6.28. The number of sulfonamides is 1. The van der Waals surface area contributed by atoms with E-state index < -0.39 is 10.0 Å². The topological polar surface area (TPSA) is 69.3 Å². The van der Waals surface area contributed by atoms with Crippen molar-refractivity contribution in [1.29, 1.82) is 0 Å². The van der Waals surface area contributed by atoms with Crippen LogP contribution in [0.3, 0.4) is 0 Å². The summed E-state index contributed by atoms with van der Waals surface area (Å²) in [6.45, 7) is 1.71. The van der Waals surface area contributed by atoms with Crippen molar-refractivity contribution in [1.82, 2.24) is 14.5 Å². The largest absolute Gasteiger partial charge is 0.367 e. The Kier molecular flexibility index (Phi) is 3.14. The third kappa shape index (κ3) is 2.36. The maximum absolute atomic E-state index is 14.1. The number of piperazine rings is 1. The molecular weight excluding hydrogens is 283 g/mol. The molecule has 1 fully saturated rings. The highest BCUT2D eigenvalue weighted by Crippen LogP contribution is 2.26. The lowest BCUT2D eigenvalue weighted by molar-refractivity contribution is 0.386. The maximum Gasteiger partial charge on any atom is 0.211 e. The van der Waals surface area contributed by atoms with Crippen LogP contribution in [0.2, 0.25) is 0 Å². The van der Waals surface area contributed by atoms with E-state index in [1.807, 2.05) is 4.90 Å². The molecule has 0 aliphatic carbocycles. The minimum Gasteiger partial charge on any atom is -0.367 e. The van der Waals surface area contributed by atoms with Gasteiger partial charge in [0.05, 0.1) is 23.7 Å². The molecule has 1 saturated heterocycles. The summed E-state index contributed by atoms with van der Waals surface area (Å²) in [7, 11) is -3.17. The van der Waals surface area contributed by atoms with Gasteiger partial charge in [-0.05, 0) is 6.07 Å². The first-order valence-corrected chi connectivity index (χ1v) is 8.13. The molecule has 8 heteroatoms. The normalized spacial score (nSPS) is 17.8. The van der Waals surface area contributed by atoms with Gasteiger partial charge in [-0.2, -0.15) is 9.40 Å². The number of halogens is 1. The average molecular weight is 298 g/mol. The van der Waals surface area contributed by atoms with Crippen LogP contribution < -0.4 is 4.90 Å². The second kappa shape index (κ2) is 4.71. The molecule has 1 aromatic carbocycles. The van der Waals surface area contributed by atoms with Crippen LogP contribution in [-0.2, 0) is 10.0 Å². The number of anilines is 1. The number of benzene rings is 1. The summed E-state index contributed by atoms with van der Waals surface area (Å²) in [5, 5.41) is 7.44. The fourth-order valence-electron chi connectivity index (χ4n) is 2.46. The second-order valence-electron chi connectivity index (χ2n) is 4.91. The van der Waals surface area contributed by atoms with E-state index in [-0.39, 0.29) is 5.82 Å². The van der Waals surface area contributed by atoms with E-state index in [2.05, 4.69) is 10.2 Å². The Labute approximate surface area is 116 Å². The Bertz CT molecular complexity index is 735. The van der Waals surface area contributed by atoms with Gasteiger partial charge in [-0.15, -0.1) is 0 Å². The van der Waals surface area contributed by atoms with E-state index in [1.54, 1.807) is 12.3 Å². The molecule has 108 valence electrons. The first-order chi connectivity index (χ1) is 9.45. The molecule has 20 heavy (non-hydrogen) atoms. The SMILES string of the molecule is CS(=O)(=O)N1CCN(c2cc3cn[nH]c3cc2F)CC1. The van der Waals surface area contributed by atoms with Gasteiger partial charge in [0.2, 0.25) is 10.0 Å². The number of aromatic amines is 1. The summed E-state index contributed by atoms with van der Waals surface area (Å²) in [6, 6.07) is 3.16. The van der Waals surface area contributed by atoms with Crippen LogP contribution in [0.4, 0.5) is 10.1 Å². The molecular formula is C12H15FN4O2S. The molecule has 1 aromatic heterocycles. The van der Waals surface area contributed by atoms with Gasteiger partial charge >= 0.3 is 0 Å². The van der Waals surface area contributed by atoms with Gasteiger partial charge in [-0.1, -0.05) is 0 Å². The van der Waals surface area contributed by atoms with E-state index in [9.17, 15) is 12.8 Å². The molecule has 3 rings (SSSR count). The molecule has 6 nitrogen and oxygen atoms in total. The average Bonchev–Trinajstić information content (AvgIpc) is 2.84. The van der Waals surface area contributed by atoms with Gasteiger partial charge < -0.3 is 4.90 Å². The zero-order chi connectivity index (χ0) is 14.3. The molecule has 2 aromatic rings. The Morgan fingerprint density at radius 1 is 1.25 bits per heavy atom. The van der Waals surface area contributed by atoms with E-state index in [1.165, 1.54) is 16.6 Å². The fraction of sp³-hybridized carbons (Fsp3) is 0.417. The summed E-state index contributed by atoms with van der Waals surface area (Å²) < 4.78 is 38.4. The summed E-state index contributed by atoms with van der Waals surface area (Å²) in [4.78, 5) is 1.86. The van der Waals surface area contributed by atoms with Crippen LogP contribution in [0.15, 0.2) is 18.3 Å². The van der Waals surface area contributed by atoms with E-state index in [0.717, 1.165) is 5.39 Å². The second-order valence-corrected chi connectivity index (χ2v) is 6.89. The molecule has 1 aliphatic rings. The van der Waals surface area contributed by atoms with Crippen molar-refractivity contribution in [2.75, 3.05) is 37.3 Å². The maximum atomic E-state index is 14.1. The summed E-state index contributed by atoms with van der Waals surface area (Å²) in [5.74, 6) is -0.324. The first kappa shape index (κ1) is 13.3. The number of H-pyrrole nitrogens is 1. The van der Waals surface area contributed by atoms with Crippen molar-refractivity contribution in [3.63, 3.8) is 0 Å². The van der Waals surface area contributed by atoms with E-state index >= 15 is 0 Å². The van der Waals surface area contributed by atoms with Crippen LogP contribution in [0, 0.1) is 5.82 Å². The zero-order valence-corrected chi connectivity index (χ0v) is 11.8. The molecule has 0 unspecified atom stereocenters. The van der Waals surface area contributed by atoms with Gasteiger partial charge in [0, 0.05) is 37.6 Å². The molecule has 1 N–H and O–H groups in total. The van der Waals surface area contributed by atoms with Crippen molar-refractivity contribution >= 4 is 26.6 Å². The predicted molar refractivity (Wildman–Crippen MR) is 74.7 cm³/mol. The molecule has 0 bridgehead atoms. The van der Waals surface area contributed by atoms with Gasteiger partial charge in [-0.25, -0.2) is 12.8 Å². The molecule has 0 spiro atoms. The van der Waals surface area contributed by atoms with Crippen LogP contribution in [0.25, 0.3) is 10.9 Å². The van der Waals surface area contributed by atoms with Crippen molar-refractivity contribution in [2.24, 2.45) is 0 Å². The Morgan fingerprint density at radius 2 is 1.95 bits per heavy atom. The fourth-order valence-corrected chi connectivity index (χ4v) is 3.28. The third-order valence-electron chi connectivity index (χ3n) is 3.56. The van der Waals surface area contributed by atoms with Crippen molar-refractivity contribution < 1.29 is 12.8 Å². The van der Waals surface area contributed by atoms with Crippen molar-refractivity contribution in [2.45, 2.75) is 0 Å². The van der Waals surface area contributed by atoms with Gasteiger partial charge in [0.1, 0.15) is 5.82 Å². The lowest BCUT2D eigenvalue weighted by Crippen LogP contribution is -2.48. The number of nitrogens with zero attached hydrogens (tertiary/aromatic N) is 3. The Morgan fingerprint density at radius 3 is 2.60 bits per heavy atom. The molecule has 0 radical (unpaired) electrons. The highest BCUT2D eigenvalue weighted by Gasteiger charge is 2.25. The van der Waals surface area contributed by atoms with E-state index in [4.69, 9.17) is 0 Å². The van der Waals surface area contributed by atoms with Crippen LogP contribution in [0.1, 0.15) is 0 Å². The number of rotatable bonds is 2. The highest BCUT2D eigenvalue weighted by molar-refractivity contribution is 7.88. The van der Waals surface area contributed by atoms with Gasteiger partial charge in [-0.3, -0.25) is 5.10 Å². The standard InChI is InChI=1S/C12H15FN4O2S/c1-20(18,19)17-4-2-16(3-5-17)12-6-9-8-14-15-11(9)7-10(12)13/h6-8H,2-5H2,1H3,(H,14,15). The Hall–Kier alpha value is -1.67. The van der Waals surface area contributed by atoms with Crippen molar-refractivity contribution in [3.05, 3.63) is 24.1 Å². The molecule has 0 saturated carbocycles. The van der Waals surface area contributed by atoms with Gasteiger partial charge in [0.15, 0.2) is 0 Å². The number of hydrogen-bond donors (Lipinski definition) is 1. The Balaban J connectivity index is 1.84. The minimum atomic E-state index is -3.17. The quantitative estimate of drug-likeness (QED) is 0.890. The van der Waals surface area contributed by atoms with Crippen LogP contribution in [-0.4, -0.2) is 55.4 Å². The number of aromatic nitrogens is 2. The minimum absolute atomic E-state index is 0.324. The summed E-state index contributed by atoms with van der Waals surface area (Å²) >= 11 is 0. The van der Waals surface area contributed by atoms with Crippen molar-refractivity contribution in [3.8, 4) is 0 Å². The summed E-state index contributed by atoms with van der Waals surface area (Å²) in [5.41, 5.74) is 1.15. The predicted octanol–water partition coefficient (Wildman–Crippen LogP) is 0.784. The van der Waals surface area contributed by atoms with Crippen LogP contribution >= 0.6 is 0 Å². The number of hydrogen-bond acceptors (Lipinski definition) is 4. The lowest BCUT2D eigenvalue weighted by atomic mass is 10.2. The molecule has 2 heterocycles. The molecule has 0 atom stereocenters. The third-order valence-corrected chi connectivity index (χ3v) is 4.86. The monoisotopic (exact) mass is 298 g/mol. The lowest BCUT2D eigenvalue weighted by Gasteiger charge is -2.34. The molecule has 0 amide bonds. The number of fused-ring (bicyclic) bond motifs is 1. The van der Waals surface area contributed by atoms with Gasteiger partial charge in [0.25, 0.3) is 0 Å². The smallest absolute Gasteiger partial charge is 0.211 e. The van der Waals surface area contributed by atoms with E-state index in [0.29, 0.717) is 37.4 Å². The summed E-state index contributed by atoms with van der Waals surface area (Å²) in [6.07, 6.45) is 2.84. The number of nitrogens with one attached hydrogen (secondary N) is 1. The highest BCUT2D eigenvalue weighted by atomic mass is 32.2. The van der Waals surface area contributed by atoms with Crippen LogP contribution in [0.5, 0.6) is 0 Å². The molecule has 1 aliphatic heterocycles. The zero-order valence-electron chi connectivity index (χ0n) is 11.0.